The van der Waals surface area contributed by atoms with Crippen LogP contribution in [0.1, 0.15) is 26.7 Å². The van der Waals surface area contributed by atoms with Gasteiger partial charge in [0.25, 0.3) is 0 Å². The first kappa shape index (κ1) is 16.7. The number of aliphatic hydroxyl groups is 1. The van der Waals surface area contributed by atoms with E-state index in [0.29, 0.717) is 5.75 Å². The molecule has 1 unspecified atom stereocenters. The number of hydrogen-bond acceptors (Lipinski definition) is 4. The summed E-state index contributed by atoms with van der Waals surface area (Å²) in [5.41, 5.74) is 5.23. The molecule has 0 radical (unpaired) electrons. The highest BCUT2D eigenvalue weighted by Crippen LogP contribution is 2.16. The SMILES string of the molecule is CCCC.COc1ccc(OCC(O)CN)cc1. The second kappa shape index (κ2) is 10.9. The van der Waals surface area contributed by atoms with Crippen molar-refractivity contribution in [1.82, 2.24) is 0 Å². The first-order chi connectivity index (χ1) is 8.67. The molecule has 4 heteroatoms. The Balaban J connectivity index is 0.000000631. The van der Waals surface area contributed by atoms with Crippen molar-refractivity contribution in [2.24, 2.45) is 5.73 Å². The van der Waals surface area contributed by atoms with Gasteiger partial charge in [0.15, 0.2) is 0 Å². The minimum Gasteiger partial charge on any atom is -0.497 e. The van der Waals surface area contributed by atoms with E-state index >= 15 is 0 Å². The predicted molar refractivity (Wildman–Crippen MR) is 74.1 cm³/mol. The van der Waals surface area contributed by atoms with Gasteiger partial charge >= 0.3 is 0 Å². The first-order valence-electron chi connectivity index (χ1n) is 6.32. The van der Waals surface area contributed by atoms with E-state index in [2.05, 4.69) is 13.8 Å². The lowest BCUT2D eigenvalue weighted by atomic mass is 10.3. The average molecular weight is 255 g/mol. The number of methoxy groups -OCH3 is 1. The number of benzene rings is 1. The van der Waals surface area contributed by atoms with Crippen LogP contribution in [-0.2, 0) is 0 Å². The van der Waals surface area contributed by atoms with Crippen LogP contribution in [0.15, 0.2) is 24.3 Å². The number of ether oxygens (including phenoxy) is 2. The Morgan fingerprint density at radius 2 is 1.61 bits per heavy atom. The van der Waals surface area contributed by atoms with Gasteiger partial charge in [0.2, 0.25) is 0 Å². The van der Waals surface area contributed by atoms with Gasteiger partial charge in [-0.05, 0) is 24.3 Å². The van der Waals surface area contributed by atoms with Crippen LogP contribution >= 0.6 is 0 Å². The second-order valence-electron chi connectivity index (χ2n) is 3.88. The number of aliphatic hydroxyl groups excluding tert-OH is 1. The lowest BCUT2D eigenvalue weighted by Gasteiger charge is -2.10. The van der Waals surface area contributed by atoms with Gasteiger partial charge in [-0.3, -0.25) is 0 Å². The van der Waals surface area contributed by atoms with Crippen LogP contribution in [0, 0.1) is 0 Å². The molecule has 0 aliphatic carbocycles. The third-order valence-corrected chi connectivity index (χ3v) is 2.27. The maximum absolute atomic E-state index is 9.15. The van der Waals surface area contributed by atoms with Gasteiger partial charge in [-0.25, -0.2) is 0 Å². The molecule has 0 bridgehead atoms. The summed E-state index contributed by atoms with van der Waals surface area (Å²) in [6.07, 6.45) is 2.03. The van der Waals surface area contributed by atoms with Crippen LogP contribution in [0.5, 0.6) is 11.5 Å². The minimum absolute atomic E-state index is 0.205. The Morgan fingerprint density at radius 3 is 2.00 bits per heavy atom. The van der Waals surface area contributed by atoms with E-state index < -0.39 is 6.10 Å². The number of unbranched alkanes of at least 4 members (excludes halogenated alkanes) is 1. The fourth-order valence-corrected chi connectivity index (χ4v) is 0.932. The fraction of sp³-hybridized carbons (Fsp3) is 0.571. The number of rotatable bonds is 6. The van der Waals surface area contributed by atoms with Crippen LogP contribution in [0.2, 0.25) is 0 Å². The highest BCUT2D eigenvalue weighted by Gasteiger charge is 2.01. The highest BCUT2D eigenvalue weighted by atomic mass is 16.5. The molecular formula is C14H25NO3. The van der Waals surface area contributed by atoms with E-state index in [1.54, 1.807) is 31.4 Å². The molecular weight excluding hydrogens is 230 g/mol. The molecule has 0 spiro atoms. The molecule has 1 atom stereocenters. The van der Waals surface area contributed by atoms with Crippen LogP contribution in [0.25, 0.3) is 0 Å². The quantitative estimate of drug-likeness (QED) is 0.818. The molecule has 3 N–H and O–H groups in total. The topological polar surface area (TPSA) is 64.7 Å². The van der Waals surface area contributed by atoms with Gasteiger partial charge in [-0.1, -0.05) is 26.7 Å². The van der Waals surface area contributed by atoms with E-state index in [9.17, 15) is 0 Å². The van der Waals surface area contributed by atoms with Crippen molar-refractivity contribution in [3.63, 3.8) is 0 Å². The minimum atomic E-state index is -0.614. The van der Waals surface area contributed by atoms with Crippen molar-refractivity contribution in [3.05, 3.63) is 24.3 Å². The fourth-order valence-electron chi connectivity index (χ4n) is 0.932. The maximum Gasteiger partial charge on any atom is 0.119 e. The van der Waals surface area contributed by atoms with Gasteiger partial charge in [-0.2, -0.15) is 0 Å². The number of nitrogens with two attached hydrogens (primary N) is 1. The molecule has 0 heterocycles. The molecule has 0 aromatic heterocycles. The molecule has 1 aromatic rings. The third-order valence-electron chi connectivity index (χ3n) is 2.27. The Morgan fingerprint density at radius 1 is 1.11 bits per heavy atom. The van der Waals surface area contributed by atoms with E-state index in [0.717, 1.165) is 5.75 Å². The van der Waals surface area contributed by atoms with Crippen molar-refractivity contribution in [3.8, 4) is 11.5 Å². The summed E-state index contributed by atoms with van der Waals surface area (Å²) in [6, 6.07) is 7.15. The molecule has 0 saturated carbocycles. The molecule has 4 nitrogen and oxygen atoms in total. The van der Waals surface area contributed by atoms with Gasteiger partial charge in [0.05, 0.1) is 7.11 Å². The predicted octanol–water partition coefficient (Wildman–Crippen LogP) is 2.20. The summed E-state index contributed by atoms with van der Waals surface area (Å²) in [6.45, 7) is 4.78. The molecule has 104 valence electrons. The standard InChI is InChI=1S/C10H15NO3.C4H10/c1-13-9-2-4-10(5-3-9)14-7-8(12)6-11;1-3-4-2/h2-5,8,12H,6-7,11H2,1H3;3-4H2,1-2H3. The molecule has 1 rings (SSSR count). The normalized spacial score (nSPS) is 11.2. The van der Waals surface area contributed by atoms with Gasteiger partial charge in [-0.15, -0.1) is 0 Å². The average Bonchev–Trinajstić information content (AvgIpc) is 2.45. The van der Waals surface area contributed by atoms with Crippen LogP contribution in [0.4, 0.5) is 0 Å². The maximum atomic E-state index is 9.15. The first-order valence-corrected chi connectivity index (χ1v) is 6.32. The number of hydrogen-bond donors (Lipinski definition) is 2. The van der Waals surface area contributed by atoms with Crippen LogP contribution in [-0.4, -0.2) is 31.5 Å². The van der Waals surface area contributed by atoms with Crippen molar-refractivity contribution in [1.29, 1.82) is 0 Å². The molecule has 0 aliphatic rings. The monoisotopic (exact) mass is 255 g/mol. The summed E-state index contributed by atoms with van der Waals surface area (Å²) >= 11 is 0. The Hall–Kier alpha value is -1.26. The van der Waals surface area contributed by atoms with E-state index in [1.165, 1.54) is 12.8 Å². The van der Waals surface area contributed by atoms with Crippen molar-refractivity contribution >= 4 is 0 Å². The second-order valence-corrected chi connectivity index (χ2v) is 3.88. The molecule has 0 aliphatic heterocycles. The van der Waals surface area contributed by atoms with Crippen LogP contribution in [0.3, 0.4) is 0 Å². The lowest BCUT2D eigenvalue weighted by Crippen LogP contribution is -2.26. The Bertz CT molecular complexity index is 286. The summed E-state index contributed by atoms with van der Waals surface area (Å²) in [7, 11) is 1.61. The van der Waals surface area contributed by atoms with Crippen LogP contribution < -0.4 is 15.2 Å². The zero-order valence-electron chi connectivity index (χ0n) is 11.6. The molecule has 0 fully saturated rings. The van der Waals surface area contributed by atoms with E-state index in [4.69, 9.17) is 20.3 Å². The molecule has 0 saturated heterocycles. The van der Waals surface area contributed by atoms with E-state index in [-0.39, 0.29) is 13.2 Å². The van der Waals surface area contributed by atoms with E-state index in [1.807, 2.05) is 0 Å². The van der Waals surface area contributed by atoms with Crippen molar-refractivity contribution < 1.29 is 14.6 Å². The molecule has 0 amide bonds. The van der Waals surface area contributed by atoms with Crippen molar-refractivity contribution in [2.45, 2.75) is 32.8 Å². The zero-order valence-corrected chi connectivity index (χ0v) is 11.6. The van der Waals surface area contributed by atoms with Gasteiger partial charge < -0.3 is 20.3 Å². The van der Waals surface area contributed by atoms with Gasteiger partial charge in [0, 0.05) is 6.54 Å². The summed E-state index contributed by atoms with van der Waals surface area (Å²) in [4.78, 5) is 0. The third kappa shape index (κ3) is 7.92. The van der Waals surface area contributed by atoms with Gasteiger partial charge in [0.1, 0.15) is 24.2 Å². The zero-order chi connectivity index (χ0) is 13.8. The Labute approximate surface area is 110 Å². The lowest BCUT2D eigenvalue weighted by molar-refractivity contribution is 0.114. The smallest absolute Gasteiger partial charge is 0.119 e. The summed E-state index contributed by atoms with van der Waals surface area (Å²) < 4.78 is 10.3. The largest absolute Gasteiger partial charge is 0.497 e. The van der Waals surface area contributed by atoms with Crippen molar-refractivity contribution in [2.75, 3.05) is 20.3 Å². The molecule has 1 aromatic carbocycles. The Kier molecular flexibility index (Phi) is 10.1. The highest BCUT2D eigenvalue weighted by molar-refractivity contribution is 5.31. The summed E-state index contributed by atoms with van der Waals surface area (Å²) in [5, 5.41) is 9.15. The summed E-state index contributed by atoms with van der Waals surface area (Å²) in [5.74, 6) is 1.47. The molecule has 18 heavy (non-hydrogen) atoms.